The van der Waals surface area contributed by atoms with Crippen molar-refractivity contribution >= 4 is 16.9 Å². The number of aromatic hydroxyl groups is 2. The quantitative estimate of drug-likeness (QED) is 0.257. The summed E-state index contributed by atoms with van der Waals surface area (Å²) >= 11 is 0. The van der Waals surface area contributed by atoms with Crippen molar-refractivity contribution in [3.05, 3.63) is 49.9 Å². The van der Waals surface area contributed by atoms with Crippen molar-refractivity contribution in [2.75, 3.05) is 19.9 Å². The van der Waals surface area contributed by atoms with Crippen LogP contribution in [-0.4, -0.2) is 105 Å². The van der Waals surface area contributed by atoms with Gasteiger partial charge in [0.1, 0.15) is 34.5 Å². The minimum Gasteiger partial charge on any atom is -0.506 e. The van der Waals surface area contributed by atoms with Crippen LogP contribution in [0.2, 0.25) is 0 Å². The third-order valence-electron chi connectivity index (χ3n) is 12.8. The van der Waals surface area contributed by atoms with Crippen molar-refractivity contribution in [3.63, 3.8) is 0 Å². The number of ether oxygens (including phenoxy) is 7. The Morgan fingerprint density at radius 1 is 0.875 bits per heavy atom. The molecular formula is C40H45NO15. The number of benzene rings is 2. The van der Waals surface area contributed by atoms with Gasteiger partial charge in [-0.3, -0.25) is 9.59 Å². The van der Waals surface area contributed by atoms with E-state index < -0.39 is 72.0 Å². The normalized spacial score (nSPS) is 36.0. The van der Waals surface area contributed by atoms with Crippen LogP contribution in [-0.2, 0) is 41.3 Å². The van der Waals surface area contributed by atoms with E-state index in [4.69, 9.17) is 37.6 Å². The van der Waals surface area contributed by atoms with Gasteiger partial charge in [0.25, 0.3) is 5.91 Å². The fraction of sp³-hybridized carbons (Fsp3) is 0.600. The Morgan fingerprint density at radius 3 is 2.39 bits per heavy atom. The number of phenols is 2. The van der Waals surface area contributed by atoms with Crippen LogP contribution in [0.15, 0.2) is 15.3 Å². The molecule has 2 aliphatic carbocycles. The van der Waals surface area contributed by atoms with Crippen LogP contribution in [0.4, 0.5) is 0 Å². The fourth-order valence-electron chi connectivity index (χ4n) is 9.92. The van der Waals surface area contributed by atoms with Gasteiger partial charge in [-0.1, -0.05) is 6.07 Å². The van der Waals surface area contributed by atoms with E-state index in [0.717, 1.165) is 0 Å². The summed E-state index contributed by atoms with van der Waals surface area (Å²) in [5.41, 5.74) is -0.111. The highest BCUT2D eigenvalue weighted by molar-refractivity contribution is 6.06. The van der Waals surface area contributed by atoms with E-state index >= 15 is 0 Å². The molecule has 0 bridgehead atoms. The van der Waals surface area contributed by atoms with Gasteiger partial charge in [0, 0.05) is 55.3 Å². The molecule has 5 aliphatic heterocycles. The lowest BCUT2D eigenvalue weighted by Crippen LogP contribution is -2.51. The third kappa shape index (κ3) is 5.38. The SMILES string of the molecule is C[C@H]1OC(OC2CC(O)c3c(oc4c5c6c(c(O)c4c3=O)-c3c(cc4c(c3O)C(=O)N3CCOC3(C)C4)CC6OCO5)C2O)CC[C@@H]1OC1CC[C@H](O)[C@@H](C)O1. The zero-order valence-electron chi connectivity index (χ0n) is 31.2. The molecule has 56 heavy (non-hydrogen) atoms. The van der Waals surface area contributed by atoms with Crippen LogP contribution < -0.4 is 10.2 Å². The summed E-state index contributed by atoms with van der Waals surface area (Å²) in [4.78, 5) is 29.8. The van der Waals surface area contributed by atoms with Gasteiger partial charge < -0.3 is 68.0 Å². The number of nitrogens with zero attached hydrogens (tertiary/aromatic N) is 1. The number of carbonyl (C=O) groups is 1. The second-order valence-corrected chi connectivity index (χ2v) is 16.3. The third-order valence-corrected chi connectivity index (χ3v) is 12.8. The van der Waals surface area contributed by atoms with Crippen molar-refractivity contribution in [1.82, 2.24) is 4.90 Å². The molecule has 1 aromatic heterocycles. The summed E-state index contributed by atoms with van der Waals surface area (Å²) in [6.45, 7) is 6.02. The molecule has 300 valence electrons. The summed E-state index contributed by atoms with van der Waals surface area (Å²) in [6, 6.07) is 1.83. The first-order valence-electron chi connectivity index (χ1n) is 19.5. The number of amides is 1. The van der Waals surface area contributed by atoms with E-state index in [-0.39, 0.29) is 82.3 Å². The van der Waals surface area contributed by atoms with Crippen molar-refractivity contribution in [1.29, 1.82) is 0 Å². The zero-order valence-corrected chi connectivity index (χ0v) is 31.2. The molecule has 7 unspecified atom stereocenters. The van der Waals surface area contributed by atoms with Crippen LogP contribution >= 0.6 is 0 Å². The molecule has 3 aromatic rings. The van der Waals surface area contributed by atoms with Gasteiger partial charge in [0.05, 0.1) is 60.5 Å². The molecule has 0 saturated carbocycles. The smallest absolute Gasteiger partial charge is 0.260 e. The Hall–Kier alpha value is -3.84. The minimum atomic E-state index is -1.49. The molecule has 5 N–H and O–H groups in total. The molecule has 3 saturated heterocycles. The van der Waals surface area contributed by atoms with Gasteiger partial charge in [-0.15, -0.1) is 0 Å². The lowest BCUT2D eigenvalue weighted by atomic mass is 9.77. The molecule has 16 nitrogen and oxygen atoms in total. The Kier molecular flexibility index (Phi) is 8.53. The molecule has 7 aliphatic rings. The van der Waals surface area contributed by atoms with Crippen molar-refractivity contribution in [2.45, 2.75) is 133 Å². The predicted octanol–water partition coefficient (Wildman–Crippen LogP) is 3.23. The summed E-state index contributed by atoms with van der Waals surface area (Å²) < 4.78 is 48.5. The lowest BCUT2D eigenvalue weighted by molar-refractivity contribution is -0.293. The average molecular weight is 780 g/mol. The Morgan fingerprint density at radius 2 is 1.62 bits per heavy atom. The standard InChI is InChI=1S/C40H45NO15/c1-15-19(42)4-6-24(52-15)54-21-5-7-25(53-16(21)2)55-23-12-20(43)28-34(46)31-35(47)30-26-17(10-18-13-40(3)41(8-9-51-40)39(48)27(18)33(26)45)11-22-29(30)37(50-14-49-22)38(31)56-36(28)32(23)44/h10,15-16,19-25,32,42-45,47H,4-9,11-14H2,1-3H3/t15-,16-,19+,20?,21+,22?,23?,24?,25?,32?,40?/m1/s1. The predicted molar refractivity (Wildman–Crippen MR) is 191 cm³/mol. The van der Waals surface area contributed by atoms with Gasteiger partial charge in [-0.25, -0.2) is 0 Å². The second-order valence-electron chi connectivity index (χ2n) is 16.3. The minimum absolute atomic E-state index is 0.0740. The number of rotatable bonds is 4. The highest BCUT2D eigenvalue weighted by Crippen LogP contribution is 2.58. The molecule has 6 heterocycles. The van der Waals surface area contributed by atoms with Gasteiger partial charge in [-0.2, -0.15) is 0 Å². The largest absolute Gasteiger partial charge is 0.506 e. The molecular weight excluding hydrogens is 734 g/mol. The summed E-state index contributed by atoms with van der Waals surface area (Å²) in [5.74, 6) is -1.40. The van der Waals surface area contributed by atoms with Crippen LogP contribution in [0.1, 0.15) is 110 Å². The van der Waals surface area contributed by atoms with Crippen LogP contribution in [0.25, 0.3) is 22.1 Å². The maximum Gasteiger partial charge on any atom is 0.260 e. The molecule has 0 radical (unpaired) electrons. The number of hydrogen-bond acceptors (Lipinski definition) is 15. The number of phenolic OH excluding ortho intramolecular Hbond substituents is 2. The fourth-order valence-corrected chi connectivity index (χ4v) is 9.92. The summed E-state index contributed by atoms with van der Waals surface area (Å²) in [6.07, 6.45) is -4.81. The number of carbonyl (C=O) groups excluding carboxylic acids is 1. The number of fused-ring (bicyclic) bond motifs is 7. The van der Waals surface area contributed by atoms with Crippen molar-refractivity contribution in [2.24, 2.45) is 0 Å². The average Bonchev–Trinajstić information content (AvgIpc) is 3.55. The van der Waals surface area contributed by atoms with E-state index in [1.807, 2.05) is 19.9 Å². The van der Waals surface area contributed by atoms with Crippen LogP contribution in [0.5, 0.6) is 17.2 Å². The molecule has 11 atom stereocenters. The molecule has 16 heteroatoms. The molecule has 0 spiro atoms. The molecule has 2 aromatic carbocycles. The van der Waals surface area contributed by atoms with E-state index in [2.05, 4.69) is 0 Å². The Balaban J connectivity index is 0.981. The first-order chi connectivity index (χ1) is 26.8. The van der Waals surface area contributed by atoms with Gasteiger partial charge in [0.15, 0.2) is 30.7 Å². The van der Waals surface area contributed by atoms with Gasteiger partial charge in [0.2, 0.25) is 5.43 Å². The van der Waals surface area contributed by atoms with Gasteiger partial charge >= 0.3 is 0 Å². The van der Waals surface area contributed by atoms with Crippen LogP contribution in [0.3, 0.4) is 0 Å². The lowest BCUT2D eigenvalue weighted by Gasteiger charge is -2.41. The highest BCUT2D eigenvalue weighted by atomic mass is 16.7. The number of hydrogen-bond donors (Lipinski definition) is 5. The first kappa shape index (κ1) is 36.5. The van der Waals surface area contributed by atoms with Crippen LogP contribution in [0, 0.1) is 0 Å². The van der Waals surface area contributed by atoms with Crippen molar-refractivity contribution < 1.29 is 67.9 Å². The van der Waals surface area contributed by atoms with Crippen molar-refractivity contribution in [3.8, 4) is 28.4 Å². The van der Waals surface area contributed by atoms with E-state index in [0.29, 0.717) is 61.9 Å². The van der Waals surface area contributed by atoms with E-state index in [1.54, 1.807) is 11.8 Å². The monoisotopic (exact) mass is 779 g/mol. The van der Waals surface area contributed by atoms with Gasteiger partial charge in [-0.05, 0) is 44.7 Å². The summed E-state index contributed by atoms with van der Waals surface area (Å²) in [5, 5.41) is 56.7. The maximum atomic E-state index is 14.4. The number of aliphatic hydroxyl groups is 3. The Bertz CT molecular complexity index is 2200. The highest BCUT2D eigenvalue weighted by Gasteiger charge is 2.50. The molecule has 3 fully saturated rings. The Labute approximate surface area is 320 Å². The topological polar surface area (TPSA) is 216 Å². The maximum absolute atomic E-state index is 14.4. The molecule has 1 amide bonds. The van der Waals surface area contributed by atoms with E-state index in [9.17, 15) is 35.1 Å². The first-order valence-corrected chi connectivity index (χ1v) is 19.5. The number of aliphatic hydroxyl groups excluding tert-OH is 3. The van der Waals surface area contributed by atoms with E-state index in [1.165, 1.54) is 0 Å². The molecule has 10 rings (SSSR count). The zero-order chi connectivity index (χ0) is 38.9. The second kappa shape index (κ2) is 13.1. The summed E-state index contributed by atoms with van der Waals surface area (Å²) in [7, 11) is 0.